The SMILES string of the molecule is CPONP(C)N. The van der Waals surface area contributed by atoms with E-state index in [1.165, 1.54) is 0 Å². The minimum atomic E-state index is -0.572. The summed E-state index contributed by atoms with van der Waals surface area (Å²) >= 11 is 0. The van der Waals surface area contributed by atoms with E-state index in [0.717, 1.165) is 0 Å². The third-order valence-corrected chi connectivity index (χ3v) is 1.15. The van der Waals surface area contributed by atoms with Crippen molar-refractivity contribution in [3.8, 4) is 0 Å². The van der Waals surface area contributed by atoms with Crippen LogP contribution in [-0.4, -0.2) is 13.3 Å². The van der Waals surface area contributed by atoms with E-state index < -0.39 is 8.22 Å². The number of hydrogen-bond donors (Lipinski definition) is 2. The molecule has 0 aromatic carbocycles. The molecule has 0 aliphatic rings. The zero-order valence-corrected chi connectivity index (χ0v) is 6.33. The van der Waals surface area contributed by atoms with E-state index in [-0.39, 0.29) is 0 Å². The van der Waals surface area contributed by atoms with Crippen molar-refractivity contribution in [3.63, 3.8) is 0 Å². The molecular formula is C2H10N2OP2. The molecule has 0 amide bonds. The van der Waals surface area contributed by atoms with Gasteiger partial charge in [-0.3, -0.25) is 10.1 Å². The molecule has 0 saturated carbocycles. The number of nitrogens with one attached hydrogen (secondary N) is 1. The fourth-order valence-electron chi connectivity index (χ4n) is 0.118. The smallest absolute Gasteiger partial charge is 0.0542 e. The molecule has 5 heteroatoms. The molecule has 0 spiro atoms. The topological polar surface area (TPSA) is 47.3 Å². The molecule has 0 aliphatic carbocycles. The number of nitrogens with two attached hydrogens (primary N) is 1. The Labute approximate surface area is 46.7 Å². The lowest BCUT2D eigenvalue weighted by Crippen LogP contribution is -2.05. The van der Waals surface area contributed by atoms with Gasteiger partial charge in [0.2, 0.25) is 0 Å². The van der Waals surface area contributed by atoms with Crippen LogP contribution in [0.3, 0.4) is 0 Å². The van der Waals surface area contributed by atoms with Crippen LogP contribution in [0.4, 0.5) is 0 Å². The van der Waals surface area contributed by atoms with E-state index in [4.69, 9.17) is 10.1 Å². The van der Waals surface area contributed by atoms with Crippen molar-refractivity contribution in [1.29, 1.82) is 0 Å². The van der Waals surface area contributed by atoms with Gasteiger partial charge in [-0.25, -0.2) is 0 Å². The summed E-state index contributed by atoms with van der Waals surface area (Å²) in [5.41, 5.74) is 5.31. The van der Waals surface area contributed by atoms with Gasteiger partial charge in [0.05, 0.1) is 8.22 Å². The largest absolute Gasteiger partial charge is 0.296 e. The zero-order valence-electron chi connectivity index (χ0n) is 4.43. The molecule has 44 valence electrons. The quantitative estimate of drug-likeness (QED) is 0.446. The zero-order chi connectivity index (χ0) is 5.70. The Hall–Kier alpha value is 0.740. The molecule has 0 aromatic rings. The van der Waals surface area contributed by atoms with Crippen LogP contribution in [0.25, 0.3) is 0 Å². The summed E-state index contributed by atoms with van der Waals surface area (Å²) < 4.78 is 4.78. The van der Waals surface area contributed by atoms with Crippen LogP contribution in [0, 0.1) is 0 Å². The summed E-state index contributed by atoms with van der Waals surface area (Å²) in [4.78, 5) is 0. The van der Waals surface area contributed by atoms with E-state index in [9.17, 15) is 0 Å². The van der Waals surface area contributed by atoms with Crippen molar-refractivity contribution in [2.75, 3.05) is 13.3 Å². The summed E-state index contributed by atoms with van der Waals surface area (Å²) in [7, 11) is -0.0960. The van der Waals surface area contributed by atoms with E-state index in [1.54, 1.807) is 0 Å². The minimum Gasteiger partial charge on any atom is -0.296 e. The van der Waals surface area contributed by atoms with Crippen LogP contribution in [0.5, 0.6) is 0 Å². The first-order valence-corrected chi connectivity index (χ1v) is 5.10. The van der Waals surface area contributed by atoms with Crippen LogP contribution in [0.1, 0.15) is 0 Å². The second-order valence-electron chi connectivity index (χ2n) is 1.01. The lowest BCUT2D eigenvalue weighted by molar-refractivity contribution is 0.325. The molecule has 0 radical (unpaired) electrons. The highest BCUT2D eigenvalue weighted by atomic mass is 31.1. The van der Waals surface area contributed by atoms with Gasteiger partial charge in [-0.2, -0.15) is 5.25 Å². The Bertz CT molecular complexity index is 42.7. The van der Waals surface area contributed by atoms with E-state index in [2.05, 4.69) is 5.25 Å². The van der Waals surface area contributed by atoms with Crippen LogP contribution < -0.4 is 10.8 Å². The van der Waals surface area contributed by atoms with E-state index in [0.29, 0.717) is 8.81 Å². The maximum absolute atomic E-state index is 5.31. The van der Waals surface area contributed by atoms with Gasteiger partial charge in [0.1, 0.15) is 0 Å². The van der Waals surface area contributed by atoms with E-state index >= 15 is 0 Å². The van der Waals surface area contributed by atoms with Gasteiger partial charge in [-0.15, -0.1) is 0 Å². The minimum absolute atomic E-state index is 0.476. The first-order chi connectivity index (χ1) is 3.27. The van der Waals surface area contributed by atoms with Gasteiger partial charge in [-0.05, 0) is 13.3 Å². The molecule has 0 rings (SSSR count). The van der Waals surface area contributed by atoms with Gasteiger partial charge in [0.15, 0.2) is 0 Å². The highest BCUT2D eigenvalue weighted by Gasteiger charge is 1.85. The van der Waals surface area contributed by atoms with Gasteiger partial charge < -0.3 is 0 Å². The Morgan fingerprint density at radius 1 is 1.86 bits per heavy atom. The molecule has 0 bridgehead atoms. The number of hydrogen-bond acceptors (Lipinski definition) is 3. The lowest BCUT2D eigenvalue weighted by Gasteiger charge is -2.03. The highest BCUT2D eigenvalue weighted by molar-refractivity contribution is 7.52. The van der Waals surface area contributed by atoms with Crippen molar-refractivity contribution >= 4 is 17.0 Å². The van der Waals surface area contributed by atoms with Crippen LogP contribution in [0.15, 0.2) is 0 Å². The molecule has 3 nitrogen and oxygen atoms in total. The number of rotatable bonds is 3. The van der Waals surface area contributed by atoms with Crippen LogP contribution in [0.2, 0.25) is 0 Å². The second-order valence-corrected chi connectivity index (χ2v) is 3.03. The Morgan fingerprint density at radius 3 is 2.57 bits per heavy atom. The summed E-state index contributed by atoms with van der Waals surface area (Å²) in [5.74, 6) is 0. The van der Waals surface area contributed by atoms with Gasteiger partial charge in [0.25, 0.3) is 0 Å². The van der Waals surface area contributed by atoms with Gasteiger partial charge in [0, 0.05) is 8.81 Å². The Morgan fingerprint density at radius 2 is 2.43 bits per heavy atom. The third kappa shape index (κ3) is 6.74. The van der Waals surface area contributed by atoms with Crippen molar-refractivity contribution in [2.45, 2.75) is 0 Å². The average molecular weight is 140 g/mol. The third-order valence-electron chi connectivity index (χ3n) is 0.292. The molecule has 2 unspecified atom stereocenters. The van der Waals surface area contributed by atoms with Crippen molar-refractivity contribution in [2.24, 2.45) is 5.50 Å². The maximum Gasteiger partial charge on any atom is 0.0542 e. The molecule has 7 heavy (non-hydrogen) atoms. The van der Waals surface area contributed by atoms with Gasteiger partial charge >= 0.3 is 0 Å². The average Bonchev–Trinajstić information content (AvgIpc) is 1.61. The monoisotopic (exact) mass is 140 g/mol. The molecule has 2 atom stereocenters. The Balaban J connectivity index is 2.68. The van der Waals surface area contributed by atoms with Crippen molar-refractivity contribution < 1.29 is 4.62 Å². The first kappa shape index (κ1) is 7.74. The lowest BCUT2D eigenvalue weighted by atomic mass is 12.0. The van der Waals surface area contributed by atoms with Gasteiger partial charge in [-0.1, -0.05) is 0 Å². The Kier molecular flexibility index (Phi) is 5.41. The molecule has 0 aromatic heterocycles. The van der Waals surface area contributed by atoms with Crippen molar-refractivity contribution in [3.05, 3.63) is 0 Å². The summed E-state index contributed by atoms with van der Waals surface area (Å²) in [6, 6.07) is 0. The molecule has 0 heterocycles. The summed E-state index contributed by atoms with van der Waals surface area (Å²) in [6.45, 7) is 3.82. The van der Waals surface area contributed by atoms with Crippen LogP contribution in [-0.2, 0) is 4.62 Å². The molecule has 3 N–H and O–H groups in total. The second kappa shape index (κ2) is 4.89. The summed E-state index contributed by atoms with van der Waals surface area (Å²) in [6.07, 6.45) is 0. The summed E-state index contributed by atoms with van der Waals surface area (Å²) in [5, 5.41) is 2.65. The van der Waals surface area contributed by atoms with Crippen LogP contribution >= 0.6 is 17.0 Å². The standard InChI is InChI=1S/C2H10N2OP2/c1-6-5-4-7(2)3/h4,6H,3H2,1-2H3. The molecular weight excluding hydrogens is 130 g/mol. The van der Waals surface area contributed by atoms with Crippen molar-refractivity contribution in [1.82, 2.24) is 5.25 Å². The molecule has 0 saturated heterocycles. The molecule has 0 fully saturated rings. The first-order valence-electron chi connectivity index (χ1n) is 1.84. The predicted octanol–water partition coefficient (Wildman–Crippen LogP) is 0.631. The predicted molar refractivity (Wildman–Crippen MR) is 35.5 cm³/mol. The normalized spacial score (nSPS) is 15.9. The highest BCUT2D eigenvalue weighted by Crippen LogP contribution is 2.14. The fourth-order valence-corrected chi connectivity index (χ4v) is 1.06. The molecule has 0 aliphatic heterocycles. The fraction of sp³-hybridized carbons (Fsp3) is 1.00. The van der Waals surface area contributed by atoms with E-state index in [1.807, 2.05) is 13.3 Å². The maximum atomic E-state index is 5.31.